The number of nitrogens with one attached hydrogen (secondary N) is 1. The van der Waals surface area contributed by atoms with E-state index in [-0.39, 0.29) is 0 Å². The number of anilines is 1. The third kappa shape index (κ3) is 3.04. The van der Waals surface area contributed by atoms with Crippen molar-refractivity contribution in [3.05, 3.63) is 52.1 Å². The Morgan fingerprint density at radius 2 is 2.21 bits per heavy atom. The summed E-state index contributed by atoms with van der Waals surface area (Å²) < 4.78 is 5.96. The van der Waals surface area contributed by atoms with Crippen molar-refractivity contribution in [1.29, 1.82) is 5.26 Å². The van der Waals surface area contributed by atoms with Crippen LogP contribution < -0.4 is 10.1 Å². The zero-order chi connectivity index (χ0) is 13.7. The van der Waals surface area contributed by atoms with Crippen molar-refractivity contribution in [2.75, 3.05) is 12.4 Å². The Bertz CT molecular complexity index is 622. The third-order valence-electron chi connectivity index (χ3n) is 2.64. The van der Waals surface area contributed by atoms with Gasteiger partial charge in [-0.1, -0.05) is 12.1 Å². The summed E-state index contributed by atoms with van der Waals surface area (Å²) in [4.78, 5) is 4.13. The second kappa shape index (κ2) is 6.21. The van der Waals surface area contributed by atoms with Gasteiger partial charge < -0.3 is 10.1 Å². The topological polar surface area (TPSA) is 57.9 Å². The first-order chi connectivity index (χ1) is 9.26. The molecule has 1 heterocycles. The average Bonchev–Trinajstić information content (AvgIpc) is 2.45. The van der Waals surface area contributed by atoms with Gasteiger partial charge in [-0.2, -0.15) is 5.26 Å². The molecule has 1 N–H and O–H groups in total. The predicted molar refractivity (Wildman–Crippen MR) is 77.0 cm³/mol. The van der Waals surface area contributed by atoms with Crippen molar-refractivity contribution in [2.24, 2.45) is 0 Å². The lowest BCUT2D eigenvalue weighted by atomic mass is 10.2. The van der Waals surface area contributed by atoms with Crippen LogP contribution in [-0.2, 0) is 6.54 Å². The number of rotatable bonds is 4. The largest absolute Gasteiger partial charge is 0.481 e. The highest BCUT2D eigenvalue weighted by atomic mass is 79.9. The van der Waals surface area contributed by atoms with E-state index in [9.17, 15) is 0 Å². The van der Waals surface area contributed by atoms with Gasteiger partial charge in [0.2, 0.25) is 5.88 Å². The number of pyridine rings is 1. The molecule has 4 nitrogen and oxygen atoms in total. The van der Waals surface area contributed by atoms with Crippen LogP contribution in [0.5, 0.6) is 5.88 Å². The van der Waals surface area contributed by atoms with Crippen LogP contribution in [0.25, 0.3) is 0 Å². The van der Waals surface area contributed by atoms with Crippen LogP contribution in [0.2, 0.25) is 0 Å². The molecule has 2 rings (SSSR count). The Hall–Kier alpha value is -2.06. The van der Waals surface area contributed by atoms with E-state index in [4.69, 9.17) is 10.00 Å². The molecule has 0 radical (unpaired) electrons. The zero-order valence-corrected chi connectivity index (χ0v) is 11.9. The number of ether oxygens (including phenoxy) is 1. The van der Waals surface area contributed by atoms with Crippen molar-refractivity contribution in [1.82, 2.24) is 4.98 Å². The summed E-state index contributed by atoms with van der Waals surface area (Å²) in [5, 5.41) is 12.4. The van der Waals surface area contributed by atoms with Crippen LogP contribution in [0.1, 0.15) is 11.1 Å². The van der Waals surface area contributed by atoms with Crippen LogP contribution in [0.3, 0.4) is 0 Å². The standard InChI is InChI=1S/C14H12BrN3O/c1-19-14-10(4-3-7-17-14)9-18-13-6-2-5-12(15)11(13)8-16/h2-7,18H,9H2,1H3. The summed E-state index contributed by atoms with van der Waals surface area (Å²) in [7, 11) is 1.59. The Balaban J connectivity index is 2.20. The van der Waals surface area contributed by atoms with Crippen LogP contribution in [0.4, 0.5) is 5.69 Å². The van der Waals surface area contributed by atoms with Crippen LogP contribution in [0.15, 0.2) is 41.0 Å². The number of hydrogen-bond donors (Lipinski definition) is 1. The van der Waals surface area contributed by atoms with Gasteiger partial charge in [-0.25, -0.2) is 4.98 Å². The normalized spacial score (nSPS) is 9.74. The fraction of sp³-hybridized carbons (Fsp3) is 0.143. The first kappa shape index (κ1) is 13.4. The first-order valence-electron chi connectivity index (χ1n) is 5.66. The van der Waals surface area contributed by atoms with Crippen LogP contribution >= 0.6 is 15.9 Å². The summed E-state index contributed by atoms with van der Waals surface area (Å²) in [5.74, 6) is 0.587. The van der Waals surface area contributed by atoms with Crippen molar-refractivity contribution in [3.8, 4) is 11.9 Å². The number of nitriles is 1. The SMILES string of the molecule is COc1ncccc1CNc1cccc(Br)c1C#N. The van der Waals surface area contributed by atoms with E-state index in [0.717, 1.165) is 15.7 Å². The summed E-state index contributed by atoms with van der Waals surface area (Å²) in [6.45, 7) is 0.544. The van der Waals surface area contributed by atoms with Crippen molar-refractivity contribution >= 4 is 21.6 Å². The minimum Gasteiger partial charge on any atom is -0.481 e. The molecule has 1 aromatic carbocycles. The molecule has 0 saturated heterocycles. The highest BCUT2D eigenvalue weighted by molar-refractivity contribution is 9.10. The maximum absolute atomic E-state index is 9.14. The van der Waals surface area contributed by atoms with Gasteiger partial charge in [-0.05, 0) is 34.1 Å². The molecule has 0 fully saturated rings. The van der Waals surface area contributed by atoms with Crippen molar-refractivity contribution in [3.63, 3.8) is 0 Å². The molecule has 19 heavy (non-hydrogen) atoms. The molecular formula is C14H12BrN3O. The molecule has 0 aliphatic heterocycles. The minimum absolute atomic E-state index is 0.544. The van der Waals surface area contributed by atoms with E-state index in [1.165, 1.54) is 0 Å². The number of hydrogen-bond acceptors (Lipinski definition) is 4. The molecular weight excluding hydrogens is 306 g/mol. The summed E-state index contributed by atoms with van der Waals surface area (Å²) in [6, 6.07) is 11.6. The van der Waals surface area contributed by atoms with Gasteiger partial charge >= 0.3 is 0 Å². The fourth-order valence-electron chi connectivity index (χ4n) is 1.72. The van der Waals surface area contributed by atoms with E-state index in [2.05, 4.69) is 32.3 Å². The third-order valence-corrected chi connectivity index (χ3v) is 3.30. The highest BCUT2D eigenvalue weighted by Crippen LogP contribution is 2.25. The molecule has 96 valence electrons. The zero-order valence-electron chi connectivity index (χ0n) is 10.4. The number of nitrogens with zero attached hydrogens (tertiary/aromatic N) is 2. The lowest BCUT2D eigenvalue weighted by Gasteiger charge is -2.11. The summed E-state index contributed by atoms with van der Waals surface area (Å²) in [6.07, 6.45) is 1.68. The minimum atomic E-state index is 0.544. The first-order valence-corrected chi connectivity index (χ1v) is 6.46. The summed E-state index contributed by atoms with van der Waals surface area (Å²) >= 11 is 3.36. The van der Waals surface area contributed by atoms with E-state index >= 15 is 0 Å². The molecule has 0 bridgehead atoms. The van der Waals surface area contributed by atoms with Gasteiger partial charge in [0.1, 0.15) is 6.07 Å². The molecule has 0 aliphatic rings. The molecule has 0 unspecified atom stereocenters. The Labute approximate surface area is 120 Å². The predicted octanol–water partition coefficient (Wildman–Crippen LogP) is 3.34. The smallest absolute Gasteiger partial charge is 0.218 e. The quantitative estimate of drug-likeness (QED) is 0.939. The Kier molecular flexibility index (Phi) is 4.37. The highest BCUT2D eigenvalue weighted by Gasteiger charge is 2.07. The van der Waals surface area contributed by atoms with E-state index in [1.54, 1.807) is 13.3 Å². The molecule has 1 aromatic heterocycles. The fourth-order valence-corrected chi connectivity index (χ4v) is 2.17. The maximum atomic E-state index is 9.14. The number of halogens is 1. The number of benzene rings is 1. The second-order valence-electron chi connectivity index (χ2n) is 3.80. The Morgan fingerprint density at radius 1 is 1.37 bits per heavy atom. The molecule has 2 aromatic rings. The van der Waals surface area contributed by atoms with Gasteiger partial charge in [0.05, 0.1) is 18.4 Å². The lowest BCUT2D eigenvalue weighted by Crippen LogP contribution is -2.04. The molecule has 0 aliphatic carbocycles. The average molecular weight is 318 g/mol. The molecule has 0 amide bonds. The van der Waals surface area contributed by atoms with Crippen LogP contribution in [0, 0.1) is 11.3 Å². The molecule has 0 atom stereocenters. The van der Waals surface area contributed by atoms with Gasteiger partial charge in [0.15, 0.2) is 0 Å². The monoisotopic (exact) mass is 317 g/mol. The van der Waals surface area contributed by atoms with Gasteiger partial charge in [0, 0.05) is 22.8 Å². The maximum Gasteiger partial charge on any atom is 0.218 e. The van der Waals surface area contributed by atoms with Gasteiger partial charge in [-0.3, -0.25) is 0 Å². The van der Waals surface area contributed by atoms with Crippen molar-refractivity contribution in [2.45, 2.75) is 6.54 Å². The number of methoxy groups -OCH3 is 1. The molecule has 0 spiro atoms. The second-order valence-corrected chi connectivity index (χ2v) is 4.65. The lowest BCUT2D eigenvalue weighted by molar-refractivity contribution is 0.393. The van der Waals surface area contributed by atoms with Crippen LogP contribution in [-0.4, -0.2) is 12.1 Å². The Morgan fingerprint density at radius 3 is 2.95 bits per heavy atom. The molecule has 5 heteroatoms. The van der Waals surface area contributed by atoms with E-state index in [0.29, 0.717) is 18.0 Å². The summed E-state index contributed by atoms with van der Waals surface area (Å²) in [5.41, 5.74) is 2.31. The van der Waals surface area contributed by atoms with Gasteiger partial charge in [0.25, 0.3) is 0 Å². The van der Waals surface area contributed by atoms with E-state index in [1.807, 2.05) is 30.3 Å². The number of aromatic nitrogens is 1. The molecule has 0 saturated carbocycles. The van der Waals surface area contributed by atoms with Gasteiger partial charge in [-0.15, -0.1) is 0 Å². The van der Waals surface area contributed by atoms with Crippen molar-refractivity contribution < 1.29 is 4.74 Å². The van der Waals surface area contributed by atoms with E-state index < -0.39 is 0 Å².